The molecule has 0 rings (SSSR count). The van der Waals surface area contributed by atoms with Crippen LogP contribution in [0.15, 0.2) is 0 Å². The lowest BCUT2D eigenvalue weighted by atomic mass is 10.1. The Balaban J connectivity index is 5.09. The summed E-state index contributed by atoms with van der Waals surface area (Å²) in [4.78, 5) is 57.4. The van der Waals surface area contributed by atoms with Gasteiger partial charge in [-0.1, -0.05) is 0 Å². The van der Waals surface area contributed by atoms with Gasteiger partial charge in [-0.25, -0.2) is 4.79 Å². The smallest absolute Gasteiger partial charge is 0.328 e. The molecule has 10 N–H and O–H groups in total. The Morgan fingerprint density at radius 2 is 1.36 bits per heavy atom. The van der Waals surface area contributed by atoms with E-state index in [2.05, 4.69) is 0 Å². The van der Waals surface area contributed by atoms with Gasteiger partial charge in [0.25, 0.3) is 0 Å². The molecule has 0 aromatic heterocycles. The number of carboxylic acid groups (broad SMARTS) is 2. The average Bonchev–Trinajstić information content (AvgIpc) is 2.60. The van der Waals surface area contributed by atoms with E-state index >= 15 is 0 Å². The largest absolute Gasteiger partial charge is 0.481 e. The number of rotatable bonds is 12. The molecule has 0 aliphatic heterocycles. The second-order valence-corrected chi connectivity index (χ2v) is 5.76. The summed E-state index contributed by atoms with van der Waals surface area (Å²) in [5.41, 5.74) is 5.33. The third-order valence-corrected chi connectivity index (χ3v) is 3.41. The summed E-state index contributed by atoms with van der Waals surface area (Å²) in [5.74, 6) is -6.25. The van der Waals surface area contributed by atoms with Gasteiger partial charge in [-0.15, -0.1) is 0 Å². The third-order valence-electron chi connectivity index (χ3n) is 3.41. The maximum absolute atomic E-state index is 12.2. The number of carbonyl (C=O) groups excluding carboxylic acids is 3. The molecule has 14 nitrogen and oxygen atoms in total. The monoisotopic (exact) mass is 408 g/mol. The Kier molecular flexibility index (Phi) is 10.6. The number of carboxylic acids is 2. The number of carbonyl (C=O) groups is 5. The Hall–Kier alpha value is -2.81. The highest BCUT2D eigenvalue weighted by atomic mass is 16.4. The van der Waals surface area contributed by atoms with Crippen molar-refractivity contribution in [1.29, 1.82) is 0 Å². The number of nitrogens with one attached hydrogen (secondary N) is 3. The summed E-state index contributed by atoms with van der Waals surface area (Å²) < 4.78 is 0. The van der Waals surface area contributed by atoms with E-state index < -0.39 is 79.6 Å². The molecule has 28 heavy (non-hydrogen) atoms. The minimum atomic E-state index is -1.69. The quantitative estimate of drug-likeness (QED) is 0.147. The Bertz CT molecular complexity index is 597. The maximum Gasteiger partial charge on any atom is 0.328 e. The fourth-order valence-electron chi connectivity index (χ4n) is 1.86. The van der Waals surface area contributed by atoms with Crippen molar-refractivity contribution in [1.82, 2.24) is 16.0 Å². The van der Waals surface area contributed by atoms with E-state index in [4.69, 9.17) is 21.1 Å². The Morgan fingerprint density at radius 1 is 0.857 bits per heavy atom. The van der Waals surface area contributed by atoms with Gasteiger partial charge in [0.05, 0.1) is 31.8 Å². The van der Waals surface area contributed by atoms with Crippen LogP contribution in [0.5, 0.6) is 0 Å². The van der Waals surface area contributed by atoms with Gasteiger partial charge in [0, 0.05) is 0 Å². The van der Waals surface area contributed by atoms with Crippen molar-refractivity contribution in [2.45, 2.75) is 43.6 Å². The molecule has 0 spiro atoms. The van der Waals surface area contributed by atoms with Crippen molar-refractivity contribution in [3.8, 4) is 0 Å². The van der Waals surface area contributed by atoms with Gasteiger partial charge in [-0.05, 0) is 6.92 Å². The molecular weight excluding hydrogens is 384 g/mol. The third kappa shape index (κ3) is 8.26. The molecule has 0 aromatic rings. The van der Waals surface area contributed by atoms with Crippen LogP contribution in [0.4, 0.5) is 0 Å². The first-order valence-electron chi connectivity index (χ1n) is 7.95. The SMILES string of the molecule is CC(O)C(NC(=O)C(CO)NC(=O)C(N)CC(=O)O)C(=O)NC(CO)C(=O)O. The molecular formula is C14H24N4O10. The Labute approximate surface area is 158 Å². The Morgan fingerprint density at radius 3 is 1.75 bits per heavy atom. The van der Waals surface area contributed by atoms with Gasteiger partial charge in [0.1, 0.15) is 18.1 Å². The van der Waals surface area contributed by atoms with Crippen LogP contribution in [0.25, 0.3) is 0 Å². The van der Waals surface area contributed by atoms with Crippen LogP contribution >= 0.6 is 0 Å². The summed E-state index contributed by atoms with van der Waals surface area (Å²) >= 11 is 0. The van der Waals surface area contributed by atoms with Crippen LogP contribution in [0.3, 0.4) is 0 Å². The molecule has 0 aliphatic rings. The molecule has 0 aliphatic carbocycles. The van der Waals surface area contributed by atoms with Crippen molar-refractivity contribution < 1.29 is 49.5 Å². The minimum absolute atomic E-state index is 0.734. The zero-order chi connectivity index (χ0) is 22.0. The molecule has 5 unspecified atom stereocenters. The van der Waals surface area contributed by atoms with Gasteiger partial charge in [0.2, 0.25) is 17.7 Å². The highest BCUT2D eigenvalue weighted by Gasteiger charge is 2.32. The first-order chi connectivity index (χ1) is 12.9. The summed E-state index contributed by atoms with van der Waals surface area (Å²) in [6.07, 6.45) is -2.25. The van der Waals surface area contributed by atoms with Crippen LogP contribution in [0, 0.1) is 0 Å². The minimum Gasteiger partial charge on any atom is -0.481 e. The number of nitrogens with two attached hydrogens (primary N) is 1. The van der Waals surface area contributed by atoms with Crippen LogP contribution in [-0.4, -0.2) is 98.7 Å². The zero-order valence-electron chi connectivity index (χ0n) is 14.9. The number of aliphatic hydroxyl groups excluding tert-OH is 3. The summed E-state index contributed by atoms with van der Waals surface area (Å²) in [7, 11) is 0. The number of hydrogen-bond donors (Lipinski definition) is 9. The van der Waals surface area contributed by atoms with Gasteiger partial charge in [0.15, 0.2) is 0 Å². The molecule has 3 amide bonds. The molecule has 0 radical (unpaired) electrons. The van der Waals surface area contributed by atoms with Crippen LogP contribution in [0.2, 0.25) is 0 Å². The van der Waals surface area contributed by atoms with Crippen LogP contribution < -0.4 is 21.7 Å². The molecule has 160 valence electrons. The topological polar surface area (TPSA) is 249 Å². The summed E-state index contributed by atoms with van der Waals surface area (Å²) in [5, 5.41) is 51.1. The predicted octanol–water partition coefficient (Wildman–Crippen LogP) is -5.31. The molecule has 0 fully saturated rings. The van der Waals surface area contributed by atoms with Crippen molar-refractivity contribution in [3.63, 3.8) is 0 Å². The van der Waals surface area contributed by atoms with E-state index in [-0.39, 0.29) is 0 Å². The number of aliphatic carboxylic acids is 2. The highest BCUT2D eigenvalue weighted by molar-refractivity contribution is 5.95. The molecule has 0 aromatic carbocycles. The molecule has 5 atom stereocenters. The lowest BCUT2D eigenvalue weighted by Gasteiger charge is -2.25. The summed E-state index contributed by atoms with van der Waals surface area (Å²) in [6.45, 7) is -0.785. The van der Waals surface area contributed by atoms with E-state index in [0.717, 1.165) is 6.92 Å². The molecule has 14 heteroatoms. The molecule has 0 saturated carbocycles. The van der Waals surface area contributed by atoms with Crippen molar-refractivity contribution >= 4 is 29.7 Å². The van der Waals surface area contributed by atoms with Crippen molar-refractivity contribution in [2.24, 2.45) is 5.73 Å². The number of aliphatic hydroxyl groups is 3. The van der Waals surface area contributed by atoms with E-state index in [1.165, 1.54) is 0 Å². The van der Waals surface area contributed by atoms with E-state index in [1.807, 2.05) is 16.0 Å². The van der Waals surface area contributed by atoms with Gasteiger partial charge in [-0.2, -0.15) is 0 Å². The van der Waals surface area contributed by atoms with E-state index in [1.54, 1.807) is 0 Å². The first-order valence-corrected chi connectivity index (χ1v) is 7.95. The van der Waals surface area contributed by atoms with Gasteiger partial charge < -0.3 is 47.2 Å². The van der Waals surface area contributed by atoms with E-state index in [9.17, 15) is 34.2 Å². The zero-order valence-corrected chi connectivity index (χ0v) is 14.9. The van der Waals surface area contributed by atoms with Gasteiger partial charge in [-0.3, -0.25) is 19.2 Å². The normalized spacial score (nSPS) is 16.0. The van der Waals surface area contributed by atoms with Crippen LogP contribution in [0.1, 0.15) is 13.3 Å². The summed E-state index contributed by atoms with van der Waals surface area (Å²) in [6, 6.07) is -6.50. The molecule has 0 saturated heterocycles. The van der Waals surface area contributed by atoms with Crippen molar-refractivity contribution in [2.75, 3.05) is 13.2 Å². The second kappa shape index (κ2) is 11.8. The molecule has 0 heterocycles. The fraction of sp³-hybridized carbons (Fsp3) is 0.643. The molecule has 0 bridgehead atoms. The maximum atomic E-state index is 12.2. The first kappa shape index (κ1) is 25.2. The predicted molar refractivity (Wildman–Crippen MR) is 89.5 cm³/mol. The van der Waals surface area contributed by atoms with Crippen molar-refractivity contribution in [3.05, 3.63) is 0 Å². The lowest BCUT2D eigenvalue weighted by Crippen LogP contribution is -2.60. The second-order valence-electron chi connectivity index (χ2n) is 5.76. The fourth-order valence-corrected chi connectivity index (χ4v) is 1.86. The van der Waals surface area contributed by atoms with Gasteiger partial charge >= 0.3 is 11.9 Å². The average molecular weight is 408 g/mol. The number of hydrogen-bond acceptors (Lipinski definition) is 9. The lowest BCUT2D eigenvalue weighted by molar-refractivity contribution is -0.144. The highest BCUT2D eigenvalue weighted by Crippen LogP contribution is 1.98. The number of amides is 3. The standard InChI is InChI=1S/C14H24N4O10/c1-5(21)10(13(26)17-8(4-20)14(27)28)18-12(25)7(3-19)16-11(24)6(15)2-9(22)23/h5-8,10,19-21H,2-4,15H2,1H3,(H,16,24)(H,17,26)(H,18,25)(H,22,23)(H,27,28). The van der Waals surface area contributed by atoms with Crippen LogP contribution in [-0.2, 0) is 24.0 Å². The van der Waals surface area contributed by atoms with E-state index in [0.29, 0.717) is 0 Å².